The summed E-state index contributed by atoms with van der Waals surface area (Å²) in [5.74, 6) is -0.309. The molecule has 5 heteroatoms. The summed E-state index contributed by atoms with van der Waals surface area (Å²) >= 11 is 0. The molecule has 23 heavy (non-hydrogen) atoms. The van der Waals surface area contributed by atoms with Gasteiger partial charge in [-0.25, -0.2) is 0 Å². The van der Waals surface area contributed by atoms with Crippen molar-refractivity contribution in [2.45, 2.75) is 38.8 Å². The molecule has 1 aromatic carbocycles. The van der Waals surface area contributed by atoms with Crippen LogP contribution in [0.15, 0.2) is 24.3 Å². The number of carbonyl (C=O) groups excluding carboxylic acids is 1. The molecule has 1 heterocycles. The SMILES string of the molecule is CC(C)(C)OC(=O)C(N)CCN1CCN(c2c[c]ccc2)CC1. The van der Waals surface area contributed by atoms with E-state index in [1.807, 2.05) is 39.0 Å². The summed E-state index contributed by atoms with van der Waals surface area (Å²) < 4.78 is 5.32. The first-order chi connectivity index (χ1) is 10.8. The van der Waals surface area contributed by atoms with E-state index < -0.39 is 11.6 Å². The average Bonchev–Trinajstić information content (AvgIpc) is 2.52. The van der Waals surface area contributed by atoms with E-state index in [1.54, 1.807) is 0 Å². The second-order valence-corrected chi connectivity index (χ2v) is 7.02. The minimum Gasteiger partial charge on any atom is -0.459 e. The molecule has 1 saturated heterocycles. The van der Waals surface area contributed by atoms with Gasteiger partial charge in [0.25, 0.3) is 0 Å². The third-order valence-electron chi connectivity index (χ3n) is 3.89. The number of anilines is 1. The molecule has 1 aliphatic rings. The lowest BCUT2D eigenvalue weighted by molar-refractivity contribution is -0.156. The van der Waals surface area contributed by atoms with Crippen LogP contribution in [0.1, 0.15) is 27.2 Å². The van der Waals surface area contributed by atoms with Crippen molar-refractivity contribution < 1.29 is 9.53 Å². The first-order valence-corrected chi connectivity index (χ1v) is 8.27. The summed E-state index contributed by atoms with van der Waals surface area (Å²) in [6, 6.07) is 10.6. The summed E-state index contributed by atoms with van der Waals surface area (Å²) in [6.45, 7) is 10.3. The van der Waals surface area contributed by atoms with Crippen LogP contribution in [-0.2, 0) is 9.53 Å². The highest BCUT2D eigenvalue weighted by atomic mass is 16.6. The smallest absolute Gasteiger partial charge is 0.323 e. The highest BCUT2D eigenvalue weighted by molar-refractivity contribution is 5.75. The van der Waals surface area contributed by atoms with Gasteiger partial charge >= 0.3 is 5.97 Å². The Morgan fingerprint density at radius 1 is 1.35 bits per heavy atom. The van der Waals surface area contributed by atoms with Gasteiger partial charge in [-0.2, -0.15) is 0 Å². The van der Waals surface area contributed by atoms with E-state index in [-0.39, 0.29) is 5.97 Å². The fraction of sp³-hybridized carbons (Fsp3) is 0.611. The van der Waals surface area contributed by atoms with Gasteiger partial charge in [-0.15, -0.1) is 0 Å². The second-order valence-electron chi connectivity index (χ2n) is 7.02. The van der Waals surface area contributed by atoms with Gasteiger partial charge in [0, 0.05) is 38.4 Å². The second kappa shape index (κ2) is 7.79. The molecule has 1 aromatic rings. The first-order valence-electron chi connectivity index (χ1n) is 8.27. The molecule has 0 aromatic heterocycles. The molecule has 1 radical (unpaired) electrons. The van der Waals surface area contributed by atoms with E-state index in [2.05, 4.69) is 21.9 Å². The number of hydrogen-bond acceptors (Lipinski definition) is 5. The zero-order valence-electron chi connectivity index (χ0n) is 14.4. The lowest BCUT2D eigenvalue weighted by Crippen LogP contribution is -2.48. The molecule has 2 N–H and O–H groups in total. The van der Waals surface area contributed by atoms with Gasteiger partial charge < -0.3 is 15.4 Å². The van der Waals surface area contributed by atoms with Gasteiger partial charge in [0.2, 0.25) is 0 Å². The van der Waals surface area contributed by atoms with Crippen LogP contribution in [0.25, 0.3) is 0 Å². The molecule has 0 bridgehead atoms. The van der Waals surface area contributed by atoms with Crippen molar-refractivity contribution in [2.75, 3.05) is 37.6 Å². The maximum atomic E-state index is 11.9. The molecule has 2 rings (SSSR count). The number of nitrogens with zero attached hydrogens (tertiary/aromatic N) is 2. The molecular formula is C18H28N3O2. The summed E-state index contributed by atoms with van der Waals surface area (Å²) in [4.78, 5) is 16.6. The van der Waals surface area contributed by atoms with Crippen molar-refractivity contribution in [1.82, 2.24) is 4.90 Å². The molecular weight excluding hydrogens is 290 g/mol. The number of hydrogen-bond donors (Lipinski definition) is 1. The number of benzene rings is 1. The third-order valence-corrected chi connectivity index (χ3v) is 3.89. The molecule has 1 fully saturated rings. The molecule has 1 unspecified atom stereocenters. The Morgan fingerprint density at radius 2 is 2.04 bits per heavy atom. The Morgan fingerprint density at radius 3 is 2.61 bits per heavy atom. The summed E-state index contributed by atoms with van der Waals surface area (Å²) in [5.41, 5.74) is 6.69. The van der Waals surface area contributed by atoms with Gasteiger partial charge in [-0.05, 0) is 45.4 Å². The van der Waals surface area contributed by atoms with Crippen molar-refractivity contribution >= 4 is 11.7 Å². The number of ether oxygens (including phenoxy) is 1. The minimum atomic E-state index is -0.545. The summed E-state index contributed by atoms with van der Waals surface area (Å²) in [5, 5.41) is 0. The Balaban J connectivity index is 1.71. The van der Waals surface area contributed by atoms with E-state index in [0.29, 0.717) is 6.42 Å². The molecule has 0 spiro atoms. The Kier molecular flexibility index (Phi) is 6.02. The van der Waals surface area contributed by atoms with E-state index in [9.17, 15) is 4.79 Å². The van der Waals surface area contributed by atoms with Gasteiger partial charge in [0.15, 0.2) is 0 Å². The van der Waals surface area contributed by atoms with Crippen molar-refractivity contribution in [3.8, 4) is 0 Å². The predicted molar refractivity (Wildman–Crippen MR) is 92.4 cm³/mol. The van der Waals surface area contributed by atoms with Crippen LogP contribution < -0.4 is 10.6 Å². The Hall–Kier alpha value is -1.59. The molecule has 0 aliphatic carbocycles. The summed E-state index contributed by atoms with van der Waals surface area (Å²) in [6.07, 6.45) is 0.633. The minimum absolute atomic E-state index is 0.309. The van der Waals surface area contributed by atoms with E-state index in [4.69, 9.17) is 10.5 Å². The van der Waals surface area contributed by atoms with Crippen LogP contribution in [0, 0.1) is 6.07 Å². The standard InChI is InChI=1S/C18H28N3O2/c1-18(2,3)23-17(22)16(19)9-10-20-11-13-21(14-12-20)15-7-5-4-6-8-15/h4-5,7-8,16H,9-14,19H2,1-3H3. The van der Waals surface area contributed by atoms with Crippen LogP contribution in [0.2, 0.25) is 0 Å². The van der Waals surface area contributed by atoms with E-state index in [0.717, 1.165) is 32.7 Å². The lowest BCUT2D eigenvalue weighted by atomic mass is 10.1. The van der Waals surface area contributed by atoms with Crippen molar-refractivity contribution in [2.24, 2.45) is 5.73 Å². The maximum Gasteiger partial charge on any atom is 0.323 e. The fourth-order valence-corrected chi connectivity index (χ4v) is 2.63. The lowest BCUT2D eigenvalue weighted by Gasteiger charge is -2.36. The number of piperazine rings is 1. The van der Waals surface area contributed by atoms with Crippen LogP contribution in [0.5, 0.6) is 0 Å². The van der Waals surface area contributed by atoms with Gasteiger partial charge in [-0.3, -0.25) is 9.69 Å². The predicted octanol–water partition coefficient (Wildman–Crippen LogP) is 1.67. The molecule has 5 nitrogen and oxygen atoms in total. The number of nitrogens with two attached hydrogens (primary N) is 1. The number of rotatable bonds is 5. The van der Waals surface area contributed by atoms with E-state index in [1.165, 1.54) is 5.69 Å². The highest BCUT2D eigenvalue weighted by Crippen LogP contribution is 2.15. The zero-order chi connectivity index (χ0) is 16.9. The fourth-order valence-electron chi connectivity index (χ4n) is 2.63. The maximum absolute atomic E-state index is 11.9. The monoisotopic (exact) mass is 318 g/mol. The van der Waals surface area contributed by atoms with Gasteiger partial charge in [0.05, 0.1) is 0 Å². The molecule has 0 amide bonds. The Bertz CT molecular complexity index is 491. The largest absolute Gasteiger partial charge is 0.459 e. The normalized spacial score (nSPS) is 17.8. The topological polar surface area (TPSA) is 58.8 Å². The summed E-state index contributed by atoms with van der Waals surface area (Å²) in [7, 11) is 0. The molecule has 1 aliphatic heterocycles. The zero-order valence-corrected chi connectivity index (χ0v) is 14.4. The third kappa shape index (κ3) is 5.84. The Labute approximate surface area is 139 Å². The molecule has 127 valence electrons. The molecule has 1 atom stereocenters. The van der Waals surface area contributed by atoms with E-state index >= 15 is 0 Å². The number of carbonyl (C=O) groups is 1. The first kappa shape index (κ1) is 17.8. The van der Waals surface area contributed by atoms with Gasteiger partial charge in [0.1, 0.15) is 11.6 Å². The van der Waals surface area contributed by atoms with Crippen molar-refractivity contribution in [3.63, 3.8) is 0 Å². The average molecular weight is 318 g/mol. The molecule has 0 saturated carbocycles. The highest BCUT2D eigenvalue weighted by Gasteiger charge is 2.23. The van der Waals surface area contributed by atoms with Gasteiger partial charge in [-0.1, -0.05) is 12.1 Å². The van der Waals surface area contributed by atoms with Crippen LogP contribution in [-0.4, -0.2) is 55.2 Å². The van der Waals surface area contributed by atoms with Crippen LogP contribution in [0.3, 0.4) is 0 Å². The van der Waals surface area contributed by atoms with Crippen molar-refractivity contribution in [3.05, 3.63) is 30.3 Å². The quantitative estimate of drug-likeness (QED) is 0.837. The van der Waals surface area contributed by atoms with Crippen LogP contribution in [0.4, 0.5) is 5.69 Å². The van der Waals surface area contributed by atoms with Crippen molar-refractivity contribution in [1.29, 1.82) is 0 Å². The number of esters is 1. The van der Waals surface area contributed by atoms with Crippen LogP contribution >= 0.6 is 0 Å².